The number of aromatic nitrogens is 2. The second-order valence-corrected chi connectivity index (χ2v) is 7.10. The van der Waals surface area contributed by atoms with Crippen LogP contribution in [0.15, 0.2) is 16.6 Å². The first-order valence-electron chi connectivity index (χ1n) is 6.75. The van der Waals surface area contributed by atoms with Crippen LogP contribution < -0.4 is 5.73 Å². The predicted octanol–water partition coefficient (Wildman–Crippen LogP) is 4.11. The molecule has 0 amide bonds. The van der Waals surface area contributed by atoms with Gasteiger partial charge in [0.1, 0.15) is 11.6 Å². The van der Waals surface area contributed by atoms with E-state index >= 15 is 0 Å². The molecule has 112 valence electrons. The highest BCUT2D eigenvalue weighted by molar-refractivity contribution is 9.10. The van der Waals surface area contributed by atoms with Gasteiger partial charge in [0.25, 0.3) is 0 Å². The van der Waals surface area contributed by atoms with E-state index in [0.717, 1.165) is 26.9 Å². The quantitative estimate of drug-likeness (QED) is 0.812. The number of nitrogens with zero attached hydrogens (tertiary/aromatic N) is 2. The molecule has 0 spiro atoms. The van der Waals surface area contributed by atoms with E-state index in [-0.39, 0.29) is 5.41 Å². The summed E-state index contributed by atoms with van der Waals surface area (Å²) in [4.78, 5) is 9.03. The normalized spacial score (nSPS) is 11.7. The summed E-state index contributed by atoms with van der Waals surface area (Å²) in [5, 5.41) is 9.89. The number of nitrogens with two attached hydrogens (primary N) is 1. The molecule has 1 heterocycles. The molecule has 4 nitrogen and oxygen atoms in total. The Kier molecular flexibility index (Phi) is 3.97. The Labute approximate surface area is 133 Å². The molecule has 0 atom stereocenters. The number of anilines is 1. The molecule has 0 aliphatic heterocycles. The van der Waals surface area contributed by atoms with Crippen molar-refractivity contribution in [2.75, 3.05) is 5.73 Å². The van der Waals surface area contributed by atoms with Crippen molar-refractivity contribution in [2.45, 2.75) is 40.0 Å². The van der Waals surface area contributed by atoms with Gasteiger partial charge in [0, 0.05) is 11.0 Å². The summed E-state index contributed by atoms with van der Waals surface area (Å²) < 4.78 is 0.742. The van der Waals surface area contributed by atoms with Crippen molar-refractivity contribution in [1.29, 1.82) is 0 Å². The summed E-state index contributed by atoms with van der Waals surface area (Å²) in [6.07, 6.45) is 0. The van der Waals surface area contributed by atoms with E-state index in [4.69, 9.17) is 5.73 Å². The molecule has 0 fully saturated rings. The average molecular weight is 350 g/mol. The largest absolute Gasteiger partial charge is 0.507 e. The Balaban J connectivity index is 2.68. The highest BCUT2D eigenvalue weighted by Gasteiger charge is 2.23. The summed E-state index contributed by atoms with van der Waals surface area (Å²) in [6.45, 7) is 9.96. The van der Waals surface area contributed by atoms with Gasteiger partial charge in [-0.2, -0.15) is 0 Å². The van der Waals surface area contributed by atoms with E-state index in [1.807, 2.05) is 26.0 Å². The van der Waals surface area contributed by atoms with Crippen LogP contribution >= 0.6 is 15.9 Å². The number of nitrogen functional groups attached to an aromatic ring is 1. The minimum atomic E-state index is -0.147. The highest BCUT2D eigenvalue weighted by Crippen LogP contribution is 2.34. The average Bonchev–Trinajstić information content (AvgIpc) is 2.37. The standard InChI is InChI=1S/C16H20BrN3O/c1-8-6-10(7-9(2)12(8)21)15-19-13(16(3,4)5)11(17)14(18)20-15/h6-7,21H,1-5H3,(H2,18,19,20). The number of aromatic hydroxyl groups is 1. The van der Waals surface area contributed by atoms with Gasteiger partial charge in [-0.3, -0.25) is 0 Å². The number of phenols is 1. The first kappa shape index (κ1) is 15.8. The van der Waals surface area contributed by atoms with Gasteiger partial charge >= 0.3 is 0 Å². The molecule has 0 radical (unpaired) electrons. The van der Waals surface area contributed by atoms with E-state index in [2.05, 4.69) is 46.7 Å². The maximum atomic E-state index is 9.89. The third-order valence-electron chi connectivity index (χ3n) is 3.34. The third-order valence-corrected chi connectivity index (χ3v) is 4.12. The van der Waals surface area contributed by atoms with Crippen LogP contribution in [0.5, 0.6) is 5.75 Å². The van der Waals surface area contributed by atoms with Crippen LogP contribution in [0, 0.1) is 13.8 Å². The fourth-order valence-electron chi connectivity index (χ4n) is 2.18. The van der Waals surface area contributed by atoms with Crippen LogP contribution in [-0.4, -0.2) is 15.1 Å². The number of hydrogen-bond donors (Lipinski definition) is 2. The number of rotatable bonds is 1. The zero-order valence-electron chi connectivity index (χ0n) is 13.0. The van der Waals surface area contributed by atoms with Crippen molar-refractivity contribution < 1.29 is 5.11 Å². The SMILES string of the molecule is Cc1cc(-c2nc(N)c(Br)c(C(C)(C)C)n2)cc(C)c1O. The van der Waals surface area contributed by atoms with Crippen LogP contribution in [0.4, 0.5) is 5.82 Å². The molecule has 3 N–H and O–H groups in total. The fraction of sp³-hybridized carbons (Fsp3) is 0.375. The summed E-state index contributed by atoms with van der Waals surface area (Å²) >= 11 is 3.47. The minimum Gasteiger partial charge on any atom is -0.507 e. The lowest BCUT2D eigenvalue weighted by Gasteiger charge is -2.21. The molecule has 2 aromatic rings. The zero-order valence-corrected chi connectivity index (χ0v) is 14.5. The lowest BCUT2D eigenvalue weighted by molar-refractivity contribution is 0.467. The van der Waals surface area contributed by atoms with Gasteiger partial charge in [-0.25, -0.2) is 9.97 Å². The number of hydrogen-bond acceptors (Lipinski definition) is 4. The van der Waals surface area contributed by atoms with Crippen LogP contribution in [0.25, 0.3) is 11.4 Å². The van der Waals surface area contributed by atoms with E-state index < -0.39 is 0 Å². The van der Waals surface area contributed by atoms with Crippen LogP contribution in [0.3, 0.4) is 0 Å². The minimum absolute atomic E-state index is 0.147. The zero-order chi connectivity index (χ0) is 15.9. The topological polar surface area (TPSA) is 72.0 Å². The number of halogens is 1. The Bertz CT molecular complexity index is 682. The molecule has 5 heteroatoms. The molecule has 0 bridgehead atoms. The maximum absolute atomic E-state index is 9.89. The Morgan fingerprint density at radius 3 is 2.10 bits per heavy atom. The van der Waals surface area contributed by atoms with Crippen molar-refractivity contribution in [1.82, 2.24) is 9.97 Å². The Hall–Kier alpha value is -1.62. The molecular formula is C16H20BrN3O. The van der Waals surface area contributed by atoms with Gasteiger partial charge in [-0.05, 0) is 53.0 Å². The summed E-state index contributed by atoms with van der Waals surface area (Å²) in [5.41, 5.74) is 9.19. The number of phenolic OH excluding ortho intramolecular Hbond substituents is 1. The van der Waals surface area contributed by atoms with Crippen LogP contribution in [0.2, 0.25) is 0 Å². The monoisotopic (exact) mass is 349 g/mol. The van der Waals surface area contributed by atoms with Crippen molar-refractivity contribution in [3.8, 4) is 17.1 Å². The number of benzene rings is 1. The Morgan fingerprint density at radius 2 is 1.62 bits per heavy atom. The summed E-state index contributed by atoms with van der Waals surface area (Å²) in [5.74, 6) is 1.31. The van der Waals surface area contributed by atoms with Crippen molar-refractivity contribution >= 4 is 21.7 Å². The highest BCUT2D eigenvalue weighted by atomic mass is 79.9. The lowest BCUT2D eigenvalue weighted by Crippen LogP contribution is -2.17. The van der Waals surface area contributed by atoms with E-state index in [0.29, 0.717) is 17.4 Å². The molecule has 0 unspecified atom stereocenters. The molecular weight excluding hydrogens is 330 g/mol. The molecule has 1 aromatic heterocycles. The smallest absolute Gasteiger partial charge is 0.161 e. The third kappa shape index (κ3) is 3.02. The van der Waals surface area contributed by atoms with E-state index in [9.17, 15) is 5.11 Å². The van der Waals surface area contributed by atoms with Crippen molar-refractivity contribution in [2.24, 2.45) is 0 Å². The fourth-order valence-corrected chi connectivity index (χ4v) is 2.95. The van der Waals surface area contributed by atoms with Crippen LogP contribution in [-0.2, 0) is 5.41 Å². The van der Waals surface area contributed by atoms with Gasteiger partial charge in [0.15, 0.2) is 5.82 Å². The summed E-state index contributed by atoms with van der Waals surface area (Å²) in [7, 11) is 0. The molecule has 0 aliphatic carbocycles. The van der Waals surface area contributed by atoms with Gasteiger partial charge < -0.3 is 10.8 Å². The second kappa shape index (κ2) is 5.30. The van der Waals surface area contributed by atoms with E-state index in [1.54, 1.807) is 0 Å². The van der Waals surface area contributed by atoms with Gasteiger partial charge in [0.05, 0.1) is 10.2 Å². The molecule has 21 heavy (non-hydrogen) atoms. The maximum Gasteiger partial charge on any atom is 0.161 e. The molecule has 0 aliphatic rings. The molecule has 0 saturated carbocycles. The van der Waals surface area contributed by atoms with Gasteiger partial charge in [0.2, 0.25) is 0 Å². The van der Waals surface area contributed by atoms with Gasteiger partial charge in [-0.1, -0.05) is 20.8 Å². The molecule has 2 rings (SSSR count). The molecule has 0 saturated heterocycles. The first-order chi connectivity index (χ1) is 9.61. The second-order valence-electron chi connectivity index (χ2n) is 6.30. The van der Waals surface area contributed by atoms with E-state index in [1.165, 1.54) is 0 Å². The van der Waals surface area contributed by atoms with Crippen molar-refractivity contribution in [3.05, 3.63) is 33.4 Å². The summed E-state index contributed by atoms with van der Waals surface area (Å²) in [6, 6.07) is 3.74. The molecule has 1 aromatic carbocycles. The Morgan fingerprint density at radius 1 is 1.10 bits per heavy atom. The van der Waals surface area contributed by atoms with Crippen LogP contribution in [0.1, 0.15) is 37.6 Å². The van der Waals surface area contributed by atoms with Gasteiger partial charge in [-0.15, -0.1) is 0 Å². The first-order valence-corrected chi connectivity index (χ1v) is 7.54. The lowest BCUT2D eigenvalue weighted by atomic mass is 9.91. The number of aryl methyl sites for hydroxylation is 2. The van der Waals surface area contributed by atoms with Crippen molar-refractivity contribution in [3.63, 3.8) is 0 Å². The predicted molar refractivity (Wildman–Crippen MR) is 89.4 cm³/mol.